The number of aromatic nitrogens is 2. The summed E-state index contributed by atoms with van der Waals surface area (Å²) in [5.41, 5.74) is 1.23. The van der Waals surface area contributed by atoms with Crippen LogP contribution in [0.4, 0.5) is 0 Å². The number of piperidine rings is 1. The number of amides is 1. The van der Waals surface area contributed by atoms with E-state index in [-0.39, 0.29) is 17.6 Å². The number of aryl methyl sites for hydroxylation is 1. The summed E-state index contributed by atoms with van der Waals surface area (Å²) in [6, 6.07) is 5.36. The van der Waals surface area contributed by atoms with E-state index in [1.54, 1.807) is 47.2 Å². The van der Waals surface area contributed by atoms with E-state index in [1.165, 1.54) is 0 Å². The number of hydrogen-bond donors (Lipinski definition) is 0. The molecule has 136 valence electrons. The third-order valence-corrected chi connectivity index (χ3v) is 4.93. The molecule has 2 aromatic rings. The van der Waals surface area contributed by atoms with Crippen LogP contribution in [0.2, 0.25) is 0 Å². The second kappa shape index (κ2) is 6.82. The minimum Gasteiger partial charge on any atom is -0.486 e. The molecular formula is C19H21N3O4. The van der Waals surface area contributed by atoms with Crippen molar-refractivity contribution in [1.82, 2.24) is 14.7 Å². The highest BCUT2D eigenvalue weighted by atomic mass is 16.6. The molecule has 0 saturated carbocycles. The highest BCUT2D eigenvalue weighted by molar-refractivity contribution is 5.99. The van der Waals surface area contributed by atoms with Crippen molar-refractivity contribution in [2.45, 2.75) is 12.8 Å². The lowest BCUT2D eigenvalue weighted by Gasteiger charge is -2.31. The van der Waals surface area contributed by atoms with Gasteiger partial charge in [0.2, 0.25) is 0 Å². The van der Waals surface area contributed by atoms with E-state index in [2.05, 4.69) is 5.10 Å². The lowest BCUT2D eigenvalue weighted by Crippen LogP contribution is -2.40. The van der Waals surface area contributed by atoms with Gasteiger partial charge in [-0.3, -0.25) is 14.3 Å². The molecule has 26 heavy (non-hydrogen) atoms. The molecule has 4 rings (SSSR count). The number of rotatable bonds is 3. The van der Waals surface area contributed by atoms with Crippen LogP contribution in [0.3, 0.4) is 0 Å². The van der Waals surface area contributed by atoms with Gasteiger partial charge in [0, 0.05) is 37.8 Å². The summed E-state index contributed by atoms with van der Waals surface area (Å²) in [6.07, 6.45) is 4.63. The fraction of sp³-hybridized carbons (Fsp3) is 0.421. The molecule has 7 heteroatoms. The maximum Gasteiger partial charge on any atom is 0.257 e. The number of carbonyl (C=O) groups is 2. The lowest BCUT2D eigenvalue weighted by molar-refractivity contribution is 0.0650. The van der Waals surface area contributed by atoms with Gasteiger partial charge in [0.15, 0.2) is 17.3 Å². The Morgan fingerprint density at radius 2 is 1.81 bits per heavy atom. The van der Waals surface area contributed by atoms with Crippen molar-refractivity contribution in [3.05, 3.63) is 41.7 Å². The summed E-state index contributed by atoms with van der Waals surface area (Å²) >= 11 is 0. The summed E-state index contributed by atoms with van der Waals surface area (Å²) in [5.74, 6) is 1.32. The lowest BCUT2D eigenvalue weighted by atomic mass is 9.88. The van der Waals surface area contributed by atoms with Crippen LogP contribution in [0.5, 0.6) is 11.5 Å². The molecule has 1 saturated heterocycles. The predicted octanol–water partition coefficient (Wildman–Crippen LogP) is 1.93. The molecule has 0 bridgehead atoms. The summed E-state index contributed by atoms with van der Waals surface area (Å²) in [4.78, 5) is 27.1. The first-order valence-corrected chi connectivity index (χ1v) is 8.83. The molecule has 0 unspecified atom stereocenters. The third kappa shape index (κ3) is 3.16. The molecule has 0 N–H and O–H groups in total. The molecular weight excluding hydrogens is 334 g/mol. The second-order valence-electron chi connectivity index (χ2n) is 6.69. The fourth-order valence-electron chi connectivity index (χ4n) is 3.49. The van der Waals surface area contributed by atoms with Crippen LogP contribution in [0.1, 0.15) is 33.6 Å². The van der Waals surface area contributed by atoms with Crippen LogP contribution in [0.25, 0.3) is 0 Å². The maximum absolute atomic E-state index is 12.8. The number of nitrogens with zero attached hydrogens (tertiary/aromatic N) is 3. The largest absolute Gasteiger partial charge is 0.486 e. The number of benzene rings is 1. The normalized spacial score (nSPS) is 17.2. The molecule has 2 aliphatic rings. The van der Waals surface area contributed by atoms with Crippen molar-refractivity contribution >= 4 is 11.7 Å². The van der Waals surface area contributed by atoms with Gasteiger partial charge in [-0.25, -0.2) is 0 Å². The van der Waals surface area contributed by atoms with E-state index in [4.69, 9.17) is 9.47 Å². The minimum atomic E-state index is -0.0736. The Hall–Kier alpha value is -2.83. The number of likely N-dealkylation sites (tertiary alicyclic amines) is 1. The van der Waals surface area contributed by atoms with E-state index in [0.29, 0.717) is 61.8 Å². The van der Waals surface area contributed by atoms with Gasteiger partial charge >= 0.3 is 0 Å². The summed E-state index contributed by atoms with van der Waals surface area (Å²) in [7, 11) is 1.79. The van der Waals surface area contributed by atoms with Gasteiger partial charge in [0.25, 0.3) is 5.91 Å². The SMILES string of the molecule is Cn1cc(C(=O)N2CCC(C(=O)c3ccc4c(c3)OCCO4)CC2)cn1. The Labute approximate surface area is 151 Å². The van der Waals surface area contributed by atoms with Crippen LogP contribution in [0, 0.1) is 5.92 Å². The number of Topliss-reactive ketones (excluding diaryl/α,β-unsaturated/α-hetero) is 1. The van der Waals surface area contributed by atoms with Crippen molar-refractivity contribution in [3.8, 4) is 11.5 Å². The Kier molecular flexibility index (Phi) is 4.36. The van der Waals surface area contributed by atoms with Gasteiger partial charge in [-0.2, -0.15) is 5.10 Å². The molecule has 1 fully saturated rings. The first-order chi connectivity index (χ1) is 12.6. The number of hydrogen-bond acceptors (Lipinski definition) is 5. The highest BCUT2D eigenvalue weighted by Gasteiger charge is 2.29. The van der Waals surface area contributed by atoms with E-state index < -0.39 is 0 Å². The maximum atomic E-state index is 12.8. The second-order valence-corrected chi connectivity index (χ2v) is 6.69. The zero-order valence-corrected chi connectivity index (χ0v) is 14.7. The molecule has 3 heterocycles. The van der Waals surface area contributed by atoms with Crippen LogP contribution in [-0.4, -0.2) is 52.7 Å². The smallest absolute Gasteiger partial charge is 0.257 e. The van der Waals surface area contributed by atoms with Crippen LogP contribution < -0.4 is 9.47 Å². The Balaban J connectivity index is 1.40. The highest BCUT2D eigenvalue weighted by Crippen LogP contribution is 2.32. The number of ether oxygens (including phenoxy) is 2. The van der Waals surface area contributed by atoms with Crippen molar-refractivity contribution in [1.29, 1.82) is 0 Å². The standard InChI is InChI=1S/C19H21N3O4/c1-21-12-15(11-20-21)19(24)22-6-4-13(5-7-22)18(23)14-2-3-16-17(10-14)26-9-8-25-16/h2-3,10-13H,4-9H2,1H3. The quantitative estimate of drug-likeness (QED) is 0.787. The van der Waals surface area contributed by atoms with Crippen molar-refractivity contribution in [2.75, 3.05) is 26.3 Å². The summed E-state index contributed by atoms with van der Waals surface area (Å²) in [5, 5.41) is 4.04. The van der Waals surface area contributed by atoms with Gasteiger partial charge in [-0.15, -0.1) is 0 Å². The fourth-order valence-corrected chi connectivity index (χ4v) is 3.49. The molecule has 7 nitrogen and oxygen atoms in total. The molecule has 1 aromatic carbocycles. The van der Waals surface area contributed by atoms with E-state index >= 15 is 0 Å². The molecule has 2 aliphatic heterocycles. The molecule has 0 atom stereocenters. The number of carbonyl (C=O) groups excluding carboxylic acids is 2. The molecule has 1 amide bonds. The first kappa shape index (κ1) is 16.6. The molecule has 0 radical (unpaired) electrons. The average Bonchev–Trinajstić information content (AvgIpc) is 3.13. The zero-order chi connectivity index (χ0) is 18.1. The Morgan fingerprint density at radius 1 is 1.08 bits per heavy atom. The van der Waals surface area contributed by atoms with E-state index in [0.717, 1.165) is 0 Å². The van der Waals surface area contributed by atoms with Gasteiger partial charge in [0.05, 0.1) is 11.8 Å². The van der Waals surface area contributed by atoms with Crippen molar-refractivity contribution in [2.24, 2.45) is 13.0 Å². The topological polar surface area (TPSA) is 73.7 Å². The van der Waals surface area contributed by atoms with E-state index in [1.807, 2.05) is 0 Å². The average molecular weight is 355 g/mol. The van der Waals surface area contributed by atoms with E-state index in [9.17, 15) is 9.59 Å². The Morgan fingerprint density at radius 3 is 2.50 bits per heavy atom. The van der Waals surface area contributed by atoms with Crippen LogP contribution >= 0.6 is 0 Å². The van der Waals surface area contributed by atoms with Crippen molar-refractivity contribution < 1.29 is 19.1 Å². The molecule has 1 aromatic heterocycles. The summed E-state index contributed by atoms with van der Waals surface area (Å²) in [6.45, 7) is 2.19. The number of fused-ring (bicyclic) bond motifs is 1. The van der Waals surface area contributed by atoms with Crippen LogP contribution in [-0.2, 0) is 7.05 Å². The third-order valence-electron chi connectivity index (χ3n) is 4.93. The Bertz CT molecular complexity index is 837. The predicted molar refractivity (Wildman–Crippen MR) is 93.6 cm³/mol. The van der Waals surface area contributed by atoms with Crippen molar-refractivity contribution in [3.63, 3.8) is 0 Å². The van der Waals surface area contributed by atoms with Gasteiger partial charge in [-0.1, -0.05) is 0 Å². The molecule has 0 spiro atoms. The van der Waals surface area contributed by atoms with Gasteiger partial charge in [-0.05, 0) is 31.0 Å². The number of ketones is 1. The monoisotopic (exact) mass is 355 g/mol. The zero-order valence-electron chi connectivity index (χ0n) is 14.7. The van der Waals surface area contributed by atoms with Gasteiger partial charge < -0.3 is 14.4 Å². The minimum absolute atomic E-state index is 0.0247. The first-order valence-electron chi connectivity index (χ1n) is 8.83. The van der Waals surface area contributed by atoms with Crippen LogP contribution in [0.15, 0.2) is 30.6 Å². The molecule has 0 aliphatic carbocycles. The van der Waals surface area contributed by atoms with Gasteiger partial charge in [0.1, 0.15) is 13.2 Å². The summed E-state index contributed by atoms with van der Waals surface area (Å²) < 4.78 is 12.7.